The summed E-state index contributed by atoms with van der Waals surface area (Å²) in [5.74, 6) is 1.74. The third-order valence-corrected chi connectivity index (χ3v) is 6.21. The molecule has 0 aliphatic rings. The lowest BCUT2D eigenvalue weighted by Gasteiger charge is -2.10. The van der Waals surface area contributed by atoms with Gasteiger partial charge in [-0.15, -0.1) is 0 Å². The monoisotopic (exact) mass is 493 g/mol. The molecule has 3 aromatic heterocycles. The predicted molar refractivity (Wildman–Crippen MR) is 138 cm³/mol. The van der Waals surface area contributed by atoms with Crippen molar-refractivity contribution in [1.29, 1.82) is 0 Å². The van der Waals surface area contributed by atoms with Crippen LogP contribution in [0.15, 0.2) is 95.6 Å². The summed E-state index contributed by atoms with van der Waals surface area (Å²) in [6, 6.07) is 28.7. The van der Waals surface area contributed by atoms with Crippen molar-refractivity contribution in [1.82, 2.24) is 19.4 Å². The number of aromatic nitrogens is 4. The molecule has 0 aliphatic carbocycles. The van der Waals surface area contributed by atoms with Gasteiger partial charge in [0.1, 0.15) is 23.0 Å². The highest BCUT2D eigenvalue weighted by Gasteiger charge is 2.16. The summed E-state index contributed by atoms with van der Waals surface area (Å²) >= 11 is 3.53. The van der Waals surface area contributed by atoms with Crippen LogP contribution in [0, 0.1) is 6.92 Å². The zero-order valence-corrected chi connectivity index (χ0v) is 19.5. The highest BCUT2D eigenvalue weighted by Crippen LogP contribution is 2.33. The first-order valence-electron chi connectivity index (χ1n) is 10.7. The molecule has 6 heteroatoms. The molecule has 0 aliphatic heterocycles. The minimum absolute atomic E-state index is 0.835. The number of H-pyrrole nitrogens is 1. The second-order valence-electron chi connectivity index (χ2n) is 8.06. The van der Waals surface area contributed by atoms with Crippen LogP contribution in [-0.2, 0) is 0 Å². The third kappa shape index (κ3) is 3.68. The minimum Gasteiger partial charge on any atom is -0.339 e. The van der Waals surface area contributed by atoms with Crippen molar-refractivity contribution >= 4 is 44.1 Å². The molecule has 3 heterocycles. The Bertz CT molecular complexity index is 1600. The maximum Gasteiger partial charge on any atom is 0.143 e. The van der Waals surface area contributed by atoms with Crippen LogP contribution in [0.3, 0.4) is 0 Å². The van der Waals surface area contributed by atoms with Gasteiger partial charge in [-0.1, -0.05) is 52.3 Å². The van der Waals surface area contributed by atoms with E-state index in [9.17, 15) is 0 Å². The molecule has 6 rings (SSSR count). The number of nitrogens with one attached hydrogen (secondary N) is 2. The number of para-hydroxylation sites is 1. The van der Waals surface area contributed by atoms with Crippen LogP contribution in [0.5, 0.6) is 0 Å². The van der Waals surface area contributed by atoms with E-state index in [2.05, 4.69) is 92.3 Å². The molecule has 0 unspecified atom stereocenters. The van der Waals surface area contributed by atoms with Gasteiger partial charge in [0.2, 0.25) is 0 Å². The van der Waals surface area contributed by atoms with Crippen LogP contribution < -0.4 is 5.32 Å². The summed E-state index contributed by atoms with van der Waals surface area (Å²) in [6.07, 6.45) is 2.08. The van der Waals surface area contributed by atoms with Crippen LogP contribution >= 0.6 is 15.9 Å². The fraction of sp³-hybridized carbons (Fsp3) is 0.0370. The van der Waals surface area contributed by atoms with E-state index in [1.807, 2.05) is 36.4 Å². The van der Waals surface area contributed by atoms with E-state index in [1.165, 1.54) is 5.56 Å². The van der Waals surface area contributed by atoms with E-state index in [0.717, 1.165) is 55.3 Å². The Labute approximate surface area is 199 Å². The number of pyridine rings is 1. The zero-order valence-electron chi connectivity index (χ0n) is 17.9. The van der Waals surface area contributed by atoms with Gasteiger partial charge in [0.05, 0.1) is 11.0 Å². The Hall–Kier alpha value is -3.90. The van der Waals surface area contributed by atoms with Gasteiger partial charge in [-0.3, -0.25) is 4.40 Å². The number of benzene rings is 3. The number of halogens is 1. The average Bonchev–Trinajstić information content (AvgIpc) is 3.41. The van der Waals surface area contributed by atoms with E-state index in [0.29, 0.717) is 0 Å². The van der Waals surface area contributed by atoms with E-state index >= 15 is 0 Å². The molecule has 3 aromatic carbocycles. The molecule has 0 atom stereocenters. The smallest absolute Gasteiger partial charge is 0.143 e. The number of anilines is 2. The second kappa shape index (κ2) is 7.90. The Morgan fingerprint density at radius 2 is 1.64 bits per heavy atom. The number of aromatic amines is 1. The third-order valence-electron chi connectivity index (χ3n) is 5.68. The fourth-order valence-electron chi connectivity index (χ4n) is 4.03. The molecule has 0 spiro atoms. The molecule has 0 radical (unpaired) electrons. The zero-order chi connectivity index (χ0) is 22.4. The second-order valence-corrected chi connectivity index (χ2v) is 8.97. The molecule has 6 aromatic rings. The van der Waals surface area contributed by atoms with E-state index < -0.39 is 0 Å². The summed E-state index contributed by atoms with van der Waals surface area (Å²) in [5, 5.41) is 3.58. The fourth-order valence-corrected chi connectivity index (χ4v) is 4.30. The van der Waals surface area contributed by atoms with Crippen molar-refractivity contribution < 1.29 is 0 Å². The van der Waals surface area contributed by atoms with Gasteiger partial charge in [0, 0.05) is 27.5 Å². The van der Waals surface area contributed by atoms with Gasteiger partial charge in [0.25, 0.3) is 0 Å². The lowest BCUT2D eigenvalue weighted by molar-refractivity contribution is 1.17. The van der Waals surface area contributed by atoms with E-state index in [-0.39, 0.29) is 0 Å². The van der Waals surface area contributed by atoms with Crippen LogP contribution in [0.1, 0.15) is 5.56 Å². The first kappa shape index (κ1) is 19.8. The van der Waals surface area contributed by atoms with Crippen LogP contribution in [-0.4, -0.2) is 19.4 Å². The number of nitrogens with zero attached hydrogens (tertiary/aromatic N) is 3. The summed E-state index contributed by atoms with van der Waals surface area (Å²) in [4.78, 5) is 13.2. The van der Waals surface area contributed by atoms with E-state index in [4.69, 9.17) is 9.97 Å². The van der Waals surface area contributed by atoms with Crippen molar-refractivity contribution in [3.05, 3.63) is 101 Å². The predicted octanol–water partition coefficient (Wildman–Crippen LogP) is 7.36. The summed E-state index contributed by atoms with van der Waals surface area (Å²) < 4.78 is 3.13. The Morgan fingerprint density at radius 1 is 0.848 bits per heavy atom. The number of rotatable bonds is 4. The number of hydrogen-bond donors (Lipinski definition) is 2. The Kier molecular flexibility index (Phi) is 4.73. The van der Waals surface area contributed by atoms with Crippen LogP contribution in [0.4, 0.5) is 11.5 Å². The molecule has 5 nitrogen and oxygen atoms in total. The highest BCUT2D eigenvalue weighted by atomic mass is 79.9. The lowest BCUT2D eigenvalue weighted by Crippen LogP contribution is -1.97. The van der Waals surface area contributed by atoms with Gasteiger partial charge >= 0.3 is 0 Å². The molecule has 160 valence electrons. The first-order chi connectivity index (χ1) is 16.1. The molecular weight excluding hydrogens is 474 g/mol. The minimum atomic E-state index is 0.835. The maximum absolute atomic E-state index is 4.95. The molecule has 0 saturated carbocycles. The van der Waals surface area contributed by atoms with Crippen molar-refractivity contribution in [2.75, 3.05) is 5.32 Å². The van der Waals surface area contributed by atoms with E-state index in [1.54, 1.807) is 0 Å². The maximum atomic E-state index is 4.95. The molecule has 0 bridgehead atoms. The number of fused-ring (bicyclic) bond motifs is 2. The van der Waals surface area contributed by atoms with Gasteiger partial charge in [-0.25, -0.2) is 9.97 Å². The Balaban J connectivity index is 1.53. The standard InChI is InChI=1S/C27H20BrN5/c1-17-7-13-22-23(15-17)31-26(30-22)19-10-14-24-32-25(18-8-11-20(28)12-9-18)27(33(24)16-19)29-21-5-3-2-4-6-21/h2-16,29H,1H3,(H,30,31). The van der Waals surface area contributed by atoms with Crippen molar-refractivity contribution in [3.8, 4) is 22.6 Å². The van der Waals surface area contributed by atoms with Gasteiger partial charge in [-0.2, -0.15) is 0 Å². The topological polar surface area (TPSA) is 58.0 Å². The molecule has 0 amide bonds. The quantitative estimate of drug-likeness (QED) is 0.269. The average molecular weight is 494 g/mol. The SMILES string of the molecule is Cc1ccc2nc(-c3ccc4nc(-c5ccc(Br)cc5)c(Nc5ccccc5)n4c3)[nH]c2c1. The Morgan fingerprint density at radius 3 is 2.45 bits per heavy atom. The number of aryl methyl sites for hydroxylation is 1. The molecule has 33 heavy (non-hydrogen) atoms. The van der Waals surface area contributed by atoms with Gasteiger partial charge in [0.15, 0.2) is 0 Å². The number of imidazole rings is 2. The van der Waals surface area contributed by atoms with Crippen molar-refractivity contribution in [2.45, 2.75) is 6.92 Å². The summed E-state index contributed by atoms with van der Waals surface area (Å²) in [6.45, 7) is 2.09. The summed E-state index contributed by atoms with van der Waals surface area (Å²) in [7, 11) is 0. The molecule has 0 fully saturated rings. The number of hydrogen-bond acceptors (Lipinski definition) is 3. The molecule has 0 saturated heterocycles. The van der Waals surface area contributed by atoms with Crippen molar-refractivity contribution in [2.24, 2.45) is 0 Å². The van der Waals surface area contributed by atoms with Crippen LogP contribution in [0.2, 0.25) is 0 Å². The summed E-state index contributed by atoms with van der Waals surface area (Å²) in [5.41, 5.74) is 7.99. The highest BCUT2D eigenvalue weighted by molar-refractivity contribution is 9.10. The first-order valence-corrected chi connectivity index (χ1v) is 11.5. The van der Waals surface area contributed by atoms with Crippen molar-refractivity contribution in [3.63, 3.8) is 0 Å². The largest absolute Gasteiger partial charge is 0.339 e. The molecule has 2 N–H and O–H groups in total. The van der Waals surface area contributed by atoms with Gasteiger partial charge in [-0.05, 0) is 61.0 Å². The normalized spacial score (nSPS) is 11.3. The van der Waals surface area contributed by atoms with Crippen LogP contribution in [0.25, 0.3) is 39.3 Å². The van der Waals surface area contributed by atoms with Gasteiger partial charge < -0.3 is 10.3 Å². The lowest BCUT2D eigenvalue weighted by atomic mass is 10.1. The molecular formula is C27H20BrN5.